The smallest absolute Gasteiger partial charge is 0.311 e. The normalized spacial score (nSPS) is 17.2. The summed E-state index contributed by atoms with van der Waals surface area (Å²) in [6, 6.07) is 17.8. The van der Waals surface area contributed by atoms with Crippen LogP contribution in [0.15, 0.2) is 60.7 Å². The molecule has 1 aliphatic carbocycles. The number of nitrogens with one attached hydrogen (secondary N) is 2. The van der Waals surface area contributed by atoms with E-state index in [9.17, 15) is 19.7 Å². The number of amides is 1. The van der Waals surface area contributed by atoms with Crippen LogP contribution in [0.4, 0.5) is 22.9 Å². The number of aryl methyl sites for hydroxylation is 1. The van der Waals surface area contributed by atoms with E-state index in [1.54, 1.807) is 18.2 Å². The highest BCUT2D eigenvalue weighted by atomic mass is 16.6. The van der Waals surface area contributed by atoms with Crippen LogP contribution in [0.5, 0.6) is 0 Å². The van der Waals surface area contributed by atoms with Gasteiger partial charge in [0, 0.05) is 28.9 Å². The number of methoxy groups -OCH3 is 1. The topological polar surface area (TPSA) is 123 Å². The Hall–Kier alpha value is -4.27. The Bertz CT molecular complexity index is 1270. The maximum absolute atomic E-state index is 12.8. The van der Waals surface area contributed by atoms with E-state index in [1.165, 1.54) is 13.2 Å². The van der Waals surface area contributed by atoms with E-state index in [0.29, 0.717) is 42.8 Å². The van der Waals surface area contributed by atoms with Gasteiger partial charge in [-0.2, -0.15) is 0 Å². The lowest BCUT2D eigenvalue weighted by Crippen LogP contribution is -2.30. The summed E-state index contributed by atoms with van der Waals surface area (Å²) in [5.41, 5.74) is 3.42. The largest absolute Gasteiger partial charge is 0.469 e. The highest BCUT2D eigenvalue weighted by Gasteiger charge is 2.30. The first-order valence-corrected chi connectivity index (χ1v) is 11.8. The third kappa shape index (κ3) is 5.68. The molecule has 1 aliphatic rings. The summed E-state index contributed by atoms with van der Waals surface area (Å²) in [7, 11) is 1.39. The Morgan fingerprint density at radius 1 is 1.00 bits per heavy atom. The number of rotatable bonds is 7. The van der Waals surface area contributed by atoms with Crippen LogP contribution < -0.4 is 10.6 Å². The molecule has 2 N–H and O–H groups in total. The first kappa shape index (κ1) is 24.8. The van der Waals surface area contributed by atoms with Crippen molar-refractivity contribution >= 4 is 34.8 Å². The van der Waals surface area contributed by atoms with Gasteiger partial charge in [0.15, 0.2) is 0 Å². The summed E-state index contributed by atoms with van der Waals surface area (Å²) in [4.78, 5) is 40.1. The Morgan fingerprint density at radius 2 is 1.69 bits per heavy atom. The number of carbonyl (C=O) groups excluding carboxylic acids is 2. The average molecular weight is 489 g/mol. The van der Waals surface area contributed by atoms with Gasteiger partial charge in [-0.1, -0.05) is 30.3 Å². The second-order valence-electron chi connectivity index (χ2n) is 8.90. The fourth-order valence-corrected chi connectivity index (χ4v) is 4.47. The maximum Gasteiger partial charge on any atom is 0.311 e. The third-order valence-corrected chi connectivity index (χ3v) is 6.52. The number of hydrogen-bond acceptors (Lipinski definition) is 7. The number of nitro groups is 1. The van der Waals surface area contributed by atoms with Gasteiger partial charge in [-0.3, -0.25) is 19.7 Å². The van der Waals surface area contributed by atoms with E-state index in [2.05, 4.69) is 15.6 Å². The molecule has 0 saturated heterocycles. The number of hydrogen-bond donors (Lipinski definition) is 2. The van der Waals surface area contributed by atoms with Crippen molar-refractivity contribution in [1.82, 2.24) is 4.98 Å². The summed E-state index contributed by atoms with van der Waals surface area (Å²) in [5.74, 6) is -0.437. The van der Waals surface area contributed by atoms with Gasteiger partial charge in [0.1, 0.15) is 0 Å². The van der Waals surface area contributed by atoms with Crippen LogP contribution in [0.2, 0.25) is 0 Å². The zero-order valence-corrected chi connectivity index (χ0v) is 20.2. The number of anilines is 3. The number of aromatic nitrogens is 1. The van der Waals surface area contributed by atoms with E-state index in [4.69, 9.17) is 4.74 Å². The Balaban J connectivity index is 1.46. The van der Waals surface area contributed by atoms with E-state index < -0.39 is 4.92 Å². The molecule has 0 radical (unpaired) electrons. The molecule has 0 spiro atoms. The molecule has 9 heteroatoms. The standard InChI is InChI=1S/C27H28N4O5/c1-17-16-21(28-26(32)19-8-10-20(11-9-19)27(33)36-2)12-13-22(17)29-25-24(31(34)35)15-14-23(30-25)18-6-4-3-5-7-18/h3-7,12-16,19-20H,8-11H2,1-2H3,(H,28,32)(H,29,30). The minimum Gasteiger partial charge on any atom is -0.469 e. The summed E-state index contributed by atoms with van der Waals surface area (Å²) in [6.07, 6.45) is 2.55. The first-order valence-electron chi connectivity index (χ1n) is 11.8. The monoisotopic (exact) mass is 488 g/mol. The molecule has 186 valence electrons. The third-order valence-electron chi connectivity index (χ3n) is 6.52. The molecule has 1 saturated carbocycles. The average Bonchev–Trinajstić information content (AvgIpc) is 2.90. The van der Waals surface area contributed by atoms with Gasteiger partial charge in [-0.15, -0.1) is 0 Å². The summed E-state index contributed by atoms with van der Waals surface area (Å²) >= 11 is 0. The molecule has 4 rings (SSSR count). The van der Waals surface area contributed by atoms with Gasteiger partial charge >= 0.3 is 11.7 Å². The van der Waals surface area contributed by atoms with Crippen molar-refractivity contribution in [1.29, 1.82) is 0 Å². The second kappa shape index (κ2) is 11.0. The zero-order chi connectivity index (χ0) is 25.7. The van der Waals surface area contributed by atoms with Crippen LogP contribution in [0.1, 0.15) is 31.2 Å². The van der Waals surface area contributed by atoms with Crippen LogP contribution in [0.25, 0.3) is 11.3 Å². The molecule has 0 unspecified atom stereocenters. The van der Waals surface area contributed by atoms with Crippen LogP contribution >= 0.6 is 0 Å². The summed E-state index contributed by atoms with van der Waals surface area (Å²) < 4.78 is 4.81. The Kier molecular flexibility index (Phi) is 7.58. The molecule has 0 atom stereocenters. The lowest BCUT2D eigenvalue weighted by molar-refractivity contribution is -0.384. The van der Waals surface area contributed by atoms with Gasteiger partial charge in [0.2, 0.25) is 11.7 Å². The van der Waals surface area contributed by atoms with Gasteiger partial charge in [0.25, 0.3) is 0 Å². The SMILES string of the molecule is COC(=O)C1CCC(C(=O)Nc2ccc(Nc3nc(-c4ccccc4)ccc3[N+](=O)[O-])c(C)c2)CC1. The van der Waals surface area contributed by atoms with Crippen molar-refractivity contribution in [2.24, 2.45) is 11.8 Å². The number of carbonyl (C=O) groups is 2. The van der Waals surface area contributed by atoms with E-state index in [1.807, 2.05) is 43.3 Å². The molecule has 0 aliphatic heterocycles. The molecule has 0 bridgehead atoms. The molecule has 1 amide bonds. The molecule has 2 aromatic carbocycles. The quantitative estimate of drug-likeness (QED) is 0.251. The van der Waals surface area contributed by atoms with Crippen LogP contribution in [-0.4, -0.2) is 28.9 Å². The number of esters is 1. The van der Waals surface area contributed by atoms with Crippen molar-refractivity contribution in [3.8, 4) is 11.3 Å². The molecule has 9 nitrogen and oxygen atoms in total. The van der Waals surface area contributed by atoms with Gasteiger partial charge in [-0.25, -0.2) is 4.98 Å². The highest BCUT2D eigenvalue weighted by Crippen LogP contribution is 2.33. The minimum atomic E-state index is -0.469. The molecular formula is C27H28N4O5. The molecule has 1 fully saturated rings. The van der Waals surface area contributed by atoms with Crippen molar-refractivity contribution in [3.63, 3.8) is 0 Å². The van der Waals surface area contributed by atoms with Crippen molar-refractivity contribution in [2.75, 3.05) is 17.7 Å². The fourth-order valence-electron chi connectivity index (χ4n) is 4.47. The molecule has 3 aromatic rings. The zero-order valence-electron chi connectivity index (χ0n) is 20.2. The first-order chi connectivity index (χ1) is 17.4. The number of benzene rings is 2. The second-order valence-corrected chi connectivity index (χ2v) is 8.90. The van der Waals surface area contributed by atoms with Crippen LogP contribution in [-0.2, 0) is 14.3 Å². The molecule has 1 heterocycles. The van der Waals surface area contributed by atoms with E-state index in [0.717, 1.165) is 11.1 Å². The fraction of sp³-hybridized carbons (Fsp3) is 0.296. The maximum atomic E-state index is 12.8. The minimum absolute atomic E-state index is 0.0775. The summed E-state index contributed by atoms with van der Waals surface area (Å²) in [5, 5.41) is 17.6. The predicted octanol–water partition coefficient (Wildman–Crippen LogP) is 5.63. The van der Waals surface area contributed by atoms with Gasteiger partial charge < -0.3 is 15.4 Å². The number of pyridine rings is 1. The molecule has 36 heavy (non-hydrogen) atoms. The van der Waals surface area contributed by atoms with Crippen molar-refractivity contribution < 1.29 is 19.2 Å². The van der Waals surface area contributed by atoms with E-state index in [-0.39, 0.29) is 35.2 Å². The van der Waals surface area contributed by atoms with Crippen molar-refractivity contribution in [2.45, 2.75) is 32.6 Å². The summed E-state index contributed by atoms with van der Waals surface area (Å²) in [6.45, 7) is 1.85. The van der Waals surface area contributed by atoms with Gasteiger partial charge in [0.05, 0.1) is 23.6 Å². The Morgan fingerprint density at radius 3 is 2.33 bits per heavy atom. The lowest BCUT2D eigenvalue weighted by atomic mass is 9.81. The predicted molar refractivity (Wildman–Crippen MR) is 137 cm³/mol. The number of nitrogens with zero attached hydrogens (tertiary/aromatic N) is 2. The lowest BCUT2D eigenvalue weighted by Gasteiger charge is -2.26. The Labute approximate surface area is 209 Å². The van der Waals surface area contributed by atoms with E-state index >= 15 is 0 Å². The van der Waals surface area contributed by atoms with Crippen LogP contribution in [0, 0.1) is 28.9 Å². The molecular weight excluding hydrogens is 460 g/mol. The van der Waals surface area contributed by atoms with Gasteiger partial charge in [-0.05, 0) is 62.4 Å². The van der Waals surface area contributed by atoms with Crippen molar-refractivity contribution in [3.05, 3.63) is 76.3 Å². The highest BCUT2D eigenvalue weighted by molar-refractivity contribution is 5.93. The van der Waals surface area contributed by atoms with Crippen LogP contribution in [0.3, 0.4) is 0 Å². The molecule has 1 aromatic heterocycles. The number of ether oxygens (including phenoxy) is 1.